The summed E-state index contributed by atoms with van der Waals surface area (Å²) in [5.74, 6) is -0.456. The monoisotopic (exact) mass is 472 g/mol. The predicted molar refractivity (Wildman–Crippen MR) is 134 cm³/mol. The number of nitrogens with zero attached hydrogens (tertiary/aromatic N) is 3. The van der Waals surface area contributed by atoms with E-state index in [1.807, 2.05) is 73.7 Å². The van der Waals surface area contributed by atoms with Gasteiger partial charge in [0.15, 0.2) is 10.9 Å². The van der Waals surface area contributed by atoms with Crippen LogP contribution < -0.4 is 11.3 Å². The number of rotatable bonds is 6. The van der Waals surface area contributed by atoms with E-state index in [4.69, 9.17) is 10.7 Å². The van der Waals surface area contributed by atoms with Gasteiger partial charge in [0, 0.05) is 10.6 Å². The van der Waals surface area contributed by atoms with Crippen molar-refractivity contribution in [3.8, 4) is 22.2 Å². The van der Waals surface area contributed by atoms with Gasteiger partial charge in [-0.3, -0.25) is 14.2 Å². The number of para-hydroxylation sites is 1. The van der Waals surface area contributed by atoms with Gasteiger partial charge in [0.2, 0.25) is 0 Å². The summed E-state index contributed by atoms with van der Waals surface area (Å²) in [5, 5.41) is 10.2. The van der Waals surface area contributed by atoms with E-state index in [1.54, 1.807) is 4.57 Å². The molecular weight excluding hydrogens is 452 g/mol. The summed E-state index contributed by atoms with van der Waals surface area (Å²) in [6.07, 6.45) is 0. The van der Waals surface area contributed by atoms with Gasteiger partial charge in [0.25, 0.3) is 5.56 Å². The van der Waals surface area contributed by atoms with Gasteiger partial charge in [0.05, 0.1) is 16.8 Å². The Hall–Kier alpha value is -3.67. The van der Waals surface area contributed by atoms with E-state index in [-0.39, 0.29) is 22.6 Å². The zero-order valence-electron chi connectivity index (χ0n) is 18.0. The molecule has 0 aliphatic heterocycles. The minimum atomic E-state index is -0.399. The van der Waals surface area contributed by atoms with Crippen molar-refractivity contribution in [2.24, 2.45) is 5.73 Å². The third kappa shape index (κ3) is 4.46. The quantitative estimate of drug-likeness (QED) is 0.186. The smallest absolute Gasteiger partial charge is 0.267 e. The summed E-state index contributed by atoms with van der Waals surface area (Å²) in [6, 6.07) is 21.1. The first-order valence-electron chi connectivity index (χ1n) is 10.1. The molecule has 164 valence electrons. The Kier molecular flexibility index (Phi) is 6.45. The van der Waals surface area contributed by atoms with E-state index in [0.717, 1.165) is 27.8 Å². The maximum absolute atomic E-state index is 13.6. The minimum Gasteiger partial charge on any atom is -0.401 e. The molecule has 8 heteroatoms. The molecule has 0 fully saturated rings. The zero-order chi connectivity index (χ0) is 23.5. The number of carbonyl (C=O) groups is 1. The lowest BCUT2D eigenvalue weighted by Gasteiger charge is -2.13. The number of allylic oxidation sites excluding steroid dienone is 2. The van der Waals surface area contributed by atoms with Gasteiger partial charge < -0.3 is 5.73 Å². The molecule has 2 aromatic carbocycles. The lowest BCUT2D eigenvalue weighted by molar-refractivity contribution is -0.112. The van der Waals surface area contributed by atoms with E-state index in [0.29, 0.717) is 21.1 Å². The molecule has 4 aromatic rings. The van der Waals surface area contributed by atoms with Crippen molar-refractivity contribution >= 4 is 39.1 Å². The van der Waals surface area contributed by atoms with Crippen LogP contribution in [0, 0.1) is 18.3 Å². The molecular formula is C25H20N4O2S2. The third-order valence-corrected chi connectivity index (χ3v) is 7.08. The fourth-order valence-electron chi connectivity index (χ4n) is 3.40. The molecule has 0 saturated heterocycles. The number of fused-ring (bicyclic) bond motifs is 1. The summed E-state index contributed by atoms with van der Waals surface area (Å²) in [7, 11) is 0. The Bertz CT molecular complexity index is 1490. The number of nitrogens with two attached hydrogens (primary N) is 1. The molecule has 0 spiro atoms. The third-order valence-electron chi connectivity index (χ3n) is 5.07. The molecule has 0 aliphatic rings. The van der Waals surface area contributed by atoms with Crippen molar-refractivity contribution in [1.29, 1.82) is 5.26 Å². The first-order valence-corrected chi connectivity index (χ1v) is 11.9. The number of aromatic nitrogens is 2. The molecule has 4 rings (SSSR count). The topological polar surface area (TPSA) is 102 Å². The van der Waals surface area contributed by atoms with Crippen LogP contribution in [0.2, 0.25) is 0 Å². The van der Waals surface area contributed by atoms with Crippen LogP contribution in [-0.2, 0) is 4.79 Å². The Balaban J connectivity index is 1.87. The number of nitriles is 1. The second-order valence-electron chi connectivity index (χ2n) is 7.40. The number of ketones is 1. The van der Waals surface area contributed by atoms with Gasteiger partial charge in [-0.25, -0.2) is 4.98 Å². The lowest BCUT2D eigenvalue weighted by atomic mass is 10.2. The van der Waals surface area contributed by atoms with E-state index >= 15 is 0 Å². The highest BCUT2D eigenvalue weighted by molar-refractivity contribution is 7.99. The maximum Gasteiger partial charge on any atom is 0.267 e. The SMILES string of the molecule is C/C(N)=C(/C#N)C(=O)CSc1nc2sc(-c3ccccc3)cc2c(=O)n1-c1ccccc1C. The molecule has 2 heterocycles. The molecule has 2 aromatic heterocycles. The minimum absolute atomic E-state index is 0.0574. The molecule has 0 radical (unpaired) electrons. The van der Waals surface area contributed by atoms with Gasteiger partial charge >= 0.3 is 0 Å². The normalized spacial score (nSPS) is 11.8. The number of aryl methyl sites for hydroxylation is 1. The number of thioether (sulfide) groups is 1. The van der Waals surface area contributed by atoms with Crippen molar-refractivity contribution in [2.45, 2.75) is 19.0 Å². The van der Waals surface area contributed by atoms with Crippen molar-refractivity contribution in [3.63, 3.8) is 0 Å². The molecule has 0 aliphatic carbocycles. The van der Waals surface area contributed by atoms with E-state index in [9.17, 15) is 14.9 Å². The van der Waals surface area contributed by atoms with Crippen LogP contribution >= 0.6 is 23.1 Å². The van der Waals surface area contributed by atoms with Crippen molar-refractivity contribution < 1.29 is 4.79 Å². The molecule has 6 nitrogen and oxygen atoms in total. The van der Waals surface area contributed by atoms with Gasteiger partial charge in [-0.2, -0.15) is 5.26 Å². The van der Waals surface area contributed by atoms with E-state index in [1.165, 1.54) is 18.3 Å². The fraction of sp³-hybridized carbons (Fsp3) is 0.120. The van der Waals surface area contributed by atoms with E-state index < -0.39 is 5.78 Å². The summed E-state index contributed by atoms with van der Waals surface area (Å²) in [5.41, 5.74) is 8.19. The second-order valence-corrected chi connectivity index (χ2v) is 9.37. The highest BCUT2D eigenvalue weighted by Crippen LogP contribution is 2.33. The number of Topliss-reactive ketones (excluding diaryl/α,β-unsaturated/α-hetero) is 1. The maximum atomic E-state index is 13.6. The van der Waals surface area contributed by atoms with Gasteiger partial charge in [-0.1, -0.05) is 60.3 Å². The van der Waals surface area contributed by atoms with Gasteiger partial charge in [-0.15, -0.1) is 11.3 Å². The molecule has 2 N–H and O–H groups in total. The molecule has 0 bridgehead atoms. The van der Waals surface area contributed by atoms with Crippen molar-refractivity contribution in [1.82, 2.24) is 9.55 Å². The molecule has 0 atom stereocenters. The molecule has 0 saturated carbocycles. The number of carbonyl (C=O) groups excluding carboxylic acids is 1. The van der Waals surface area contributed by atoms with Crippen LogP contribution in [0.4, 0.5) is 0 Å². The van der Waals surface area contributed by atoms with Gasteiger partial charge in [0.1, 0.15) is 16.5 Å². The van der Waals surface area contributed by atoms with Crippen LogP contribution in [0.1, 0.15) is 12.5 Å². The van der Waals surface area contributed by atoms with E-state index in [2.05, 4.69) is 0 Å². The van der Waals surface area contributed by atoms with Crippen LogP contribution in [0.25, 0.3) is 26.3 Å². The van der Waals surface area contributed by atoms with Crippen molar-refractivity contribution in [3.05, 3.63) is 87.9 Å². The number of hydrogen-bond donors (Lipinski definition) is 1. The number of thiophene rings is 1. The van der Waals surface area contributed by atoms with Crippen LogP contribution in [0.15, 0.2) is 81.9 Å². The summed E-state index contributed by atoms with van der Waals surface area (Å²) in [6.45, 7) is 3.44. The Labute approximate surface area is 199 Å². The lowest BCUT2D eigenvalue weighted by Crippen LogP contribution is -2.22. The highest BCUT2D eigenvalue weighted by Gasteiger charge is 2.20. The average molecular weight is 473 g/mol. The Morgan fingerprint density at radius 2 is 1.88 bits per heavy atom. The summed E-state index contributed by atoms with van der Waals surface area (Å²) >= 11 is 2.55. The van der Waals surface area contributed by atoms with Crippen LogP contribution in [0.3, 0.4) is 0 Å². The summed E-state index contributed by atoms with van der Waals surface area (Å²) < 4.78 is 1.54. The standard InChI is InChI=1S/C25H20N4O2S2/c1-15-8-6-7-11-20(15)29-24(31)18-12-22(17-9-4-3-5-10-17)33-23(18)28-25(29)32-14-21(30)19(13-26)16(2)27/h3-12H,14,27H2,1-2H3/b19-16+. The second kappa shape index (κ2) is 9.45. The average Bonchev–Trinajstić information content (AvgIpc) is 3.24. The van der Waals surface area contributed by atoms with Gasteiger partial charge in [-0.05, 0) is 37.1 Å². The Morgan fingerprint density at radius 1 is 1.18 bits per heavy atom. The Morgan fingerprint density at radius 3 is 2.55 bits per heavy atom. The predicted octanol–water partition coefficient (Wildman–Crippen LogP) is 4.84. The van der Waals surface area contributed by atoms with Crippen molar-refractivity contribution in [2.75, 3.05) is 5.75 Å². The van der Waals surface area contributed by atoms with Crippen LogP contribution in [0.5, 0.6) is 0 Å². The first kappa shape index (κ1) is 22.5. The highest BCUT2D eigenvalue weighted by atomic mass is 32.2. The molecule has 0 amide bonds. The number of hydrogen-bond acceptors (Lipinski definition) is 7. The molecule has 0 unspecified atom stereocenters. The zero-order valence-corrected chi connectivity index (χ0v) is 19.7. The molecule has 33 heavy (non-hydrogen) atoms. The number of benzene rings is 2. The summed E-state index contributed by atoms with van der Waals surface area (Å²) in [4.78, 5) is 32.5. The largest absolute Gasteiger partial charge is 0.401 e. The van der Waals surface area contributed by atoms with Crippen LogP contribution in [-0.4, -0.2) is 21.1 Å². The first-order chi connectivity index (χ1) is 15.9. The fourth-order valence-corrected chi connectivity index (χ4v) is 5.36.